The van der Waals surface area contributed by atoms with E-state index < -0.39 is 59.8 Å². The Bertz CT molecular complexity index is 1020. The average molecular weight is 497 g/mol. The zero-order valence-electron chi connectivity index (χ0n) is 18.7. The van der Waals surface area contributed by atoms with Gasteiger partial charge in [0.15, 0.2) is 0 Å². The average Bonchev–Trinajstić information content (AvgIpc) is 3.35. The van der Waals surface area contributed by atoms with Gasteiger partial charge in [-0.3, -0.25) is 19.2 Å². The molecule has 0 aromatic heterocycles. The van der Waals surface area contributed by atoms with Crippen LogP contribution in [-0.2, 0) is 25.3 Å². The molecular formula is C23H26F3N3O6. The Labute approximate surface area is 199 Å². The number of nitrogens with zero attached hydrogens (tertiary/aromatic N) is 1. The van der Waals surface area contributed by atoms with Crippen LogP contribution in [0.15, 0.2) is 24.3 Å². The summed E-state index contributed by atoms with van der Waals surface area (Å²) in [4.78, 5) is 52.0. The number of hydrogen-bond acceptors (Lipinski definition) is 6. The van der Waals surface area contributed by atoms with Gasteiger partial charge in [-0.1, -0.05) is 18.9 Å². The topological polar surface area (TPSA) is 125 Å². The Morgan fingerprint density at radius 2 is 1.80 bits per heavy atom. The molecule has 2 unspecified atom stereocenters. The number of amides is 3. The number of rotatable bonds is 4. The Hall–Kier alpha value is -3.15. The van der Waals surface area contributed by atoms with Crippen molar-refractivity contribution < 1.29 is 42.2 Å². The van der Waals surface area contributed by atoms with Crippen molar-refractivity contribution in [2.75, 3.05) is 0 Å². The van der Waals surface area contributed by atoms with E-state index in [0.717, 1.165) is 24.6 Å². The molecule has 0 saturated carbocycles. The fourth-order valence-electron chi connectivity index (χ4n) is 4.95. The standard InChI is InChI=1S/C23H26F3N3O6/c24-23(25,26)13-5-3-4-12(10-13)19(31)27-15-7-2-1-6-14-8-9-17(29(14)21(15)33)20(32)28-16-11-18(30)35-22(16)34/h3-5,10,14-17,22,34H,1-2,6-9,11H2,(H,27,31)(H,28,32)/t14-,15-,16?,17-,22?/m0/s1. The summed E-state index contributed by atoms with van der Waals surface area (Å²) in [5, 5.41) is 14.9. The smallest absolute Gasteiger partial charge is 0.416 e. The quantitative estimate of drug-likeness (QED) is 0.542. The zero-order chi connectivity index (χ0) is 25.3. The number of aliphatic hydroxyl groups excluding tert-OH is 1. The summed E-state index contributed by atoms with van der Waals surface area (Å²) >= 11 is 0. The van der Waals surface area contributed by atoms with Crippen LogP contribution in [0.2, 0.25) is 0 Å². The minimum absolute atomic E-state index is 0.188. The van der Waals surface area contributed by atoms with Crippen LogP contribution in [0.25, 0.3) is 0 Å². The molecular weight excluding hydrogens is 471 g/mol. The molecule has 3 N–H and O–H groups in total. The second-order valence-electron chi connectivity index (χ2n) is 9.08. The molecule has 3 aliphatic rings. The Kier molecular flexibility index (Phi) is 7.02. The number of carbonyl (C=O) groups is 4. The van der Waals surface area contributed by atoms with E-state index in [2.05, 4.69) is 15.4 Å². The van der Waals surface area contributed by atoms with E-state index in [1.54, 1.807) is 0 Å². The highest BCUT2D eigenvalue weighted by atomic mass is 19.4. The van der Waals surface area contributed by atoms with Gasteiger partial charge in [-0.15, -0.1) is 0 Å². The van der Waals surface area contributed by atoms with Crippen molar-refractivity contribution in [3.63, 3.8) is 0 Å². The number of alkyl halides is 3. The van der Waals surface area contributed by atoms with E-state index in [9.17, 15) is 37.5 Å². The fraction of sp³-hybridized carbons (Fsp3) is 0.565. The van der Waals surface area contributed by atoms with Crippen LogP contribution < -0.4 is 10.6 Å². The minimum atomic E-state index is -4.61. The molecule has 9 nitrogen and oxygen atoms in total. The molecule has 12 heteroatoms. The van der Waals surface area contributed by atoms with Crippen LogP contribution in [0, 0.1) is 0 Å². The van der Waals surface area contributed by atoms with Crippen LogP contribution in [-0.4, -0.2) is 64.2 Å². The fourth-order valence-corrected chi connectivity index (χ4v) is 4.95. The number of nitrogens with one attached hydrogen (secondary N) is 2. The first-order chi connectivity index (χ1) is 16.5. The summed E-state index contributed by atoms with van der Waals surface area (Å²) in [6.07, 6.45) is -2.98. The summed E-state index contributed by atoms with van der Waals surface area (Å²) in [6, 6.07) is 0.942. The normalized spacial score (nSPS) is 29.1. The predicted molar refractivity (Wildman–Crippen MR) is 113 cm³/mol. The van der Waals surface area contributed by atoms with Crippen LogP contribution in [0.4, 0.5) is 13.2 Å². The number of ether oxygens (including phenoxy) is 1. The van der Waals surface area contributed by atoms with E-state index in [4.69, 9.17) is 0 Å². The van der Waals surface area contributed by atoms with E-state index in [0.29, 0.717) is 25.7 Å². The lowest BCUT2D eigenvalue weighted by Crippen LogP contribution is -2.57. The third kappa shape index (κ3) is 5.42. The highest BCUT2D eigenvalue weighted by Crippen LogP contribution is 2.32. The lowest BCUT2D eigenvalue weighted by atomic mass is 9.98. The first kappa shape index (κ1) is 25.0. The van der Waals surface area contributed by atoms with Crippen molar-refractivity contribution in [3.8, 4) is 0 Å². The molecule has 5 atom stereocenters. The van der Waals surface area contributed by atoms with Crippen molar-refractivity contribution in [1.29, 1.82) is 0 Å². The SMILES string of the molecule is O=C1CC(NC(=O)[C@@H]2CC[C@@H]3CCCC[C@H](NC(=O)c4cccc(C(F)(F)F)c4)C(=O)N32)C(O)O1. The first-order valence-electron chi connectivity index (χ1n) is 11.5. The molecule has 3 fully saturated rings. The molecule has 3 amide bonds. The third-order valence-electron chi connectivity index (χ3n) is 6.71. The number of carbonyl (C=O) groups excluding carboxylic acids is 4. The van der Waals surface area contributed by atoms with Gasteiger partial charge < -0.3 is 25.4 Å². The number of halogens is 3. The number of fused-ring (bicyclic) bond motifs is 1. The Morgan fingerprint density at radius 1 is 1.06 bits per heavy atom. The van der Waals surface area contributed by atoms with Gasteiger partial charge in [-0.2, -0.15) is 13.2 Å². The van der Waals surface area contributed by atoms with E-state index in [1.807, 2.05) is 0 Å². The number of benzene rings is 1. The monoisotopic (exact) mass is 497 g/mol. The molecule has 190 valence electrons. The van der Waals surface area contributed by atoms with Gasteiger partial charge in [0.2, 0.25) is 18.1 Å². The highest BCUT2D eigenvalue weighted by molar-refractivity contribution is 5.98. The molecule has 0 radical (unpaired) electrons. The molecule has 1 aromatic carbocycles. The second kappa shape index (κ2) is 9.84. The number of esters is 1. The molecule has 1 aromatic rings. The summed E-state index contributed by atoms with van der Waals surface area (Å²) < 4.78 is 43.7. The van der Waals surface area contributed by atoms with Gasteiger partial charge in [-0.05, 0) is 43.9 Å². The number of cyclic esters (lactones) is 1. The number of hydrogen-bond donors (Lipinski definition) is 3. The van der Waals surface area contributed by atoms with Crippen LogP contribution in [0.5, 0.6) is 0 Å². The molecule has 4 rings (SSSR count). The molecule has 0 bridgehead atoms. The minimum Gasteiger partial charge on any atom is -0.434 e. The van der Waals surface area contributed by atoms with Crippen LogP contribution >= 0.6 is 0 Å². The van der Waals surface area contributed by atoms with Crippen molar-refractivity contribution in [2.24, 2.45) is 0 Å². The highest BCUT2D eigenvalue weighted by Gasteiger charge is 2.45. The van der Waals surface area contributed by atoms with E-state index >= 15 is 0 Å². The summed E-state index contributed by atoms with van der Waals surface area (Å²) in [6.45, 7) is 0. The van der Waals surface area contributed by atoms with E-state index in [-0.39, 0.29) is 24.4 Å². The first-order valence-corrected chi connectivity index (χ1v) is 11.5. The predicted octanol–water partition coefficient (Wildman–Crippen LogP) is 1.49. The Balaban J connectivity index is 1.49. The Morgan fingerprint density at radius 3 is 2.49 bits per heavy atom. The number of aliphatic hydroxyl groups is 1. The molecule has 3 heterocycles. The van der Waals surface area contributed by atoms with Gasteiger partial charge in [0.05, 0.1) is 12.0 Å². The summed E-state index contributed by atoms with van der Waals surface area (Å²) in [7, 11) is 0. The van der Waals surface area contributed by atoms with Crippen molar-refractivity contribution in [2.45, 2.75) is 81.6 Å². The molecule has 3 aliphatic heterocycles. The zero-order valence-corrected chi connectivity index (χ0v) is 18.7. The molecule has 35 heavy (non-hydrogen) atoms. The van der Waals surface area contributed by atoms with Crippen molar-refractivity contribution in [3.05, 3.63) is 35.4 Å². The van der Waals surface area contributed by atoms with Crippen LogP contribution in [0.1, 0.15) is 60.9 Å². The molecule has 0 spiro atoms. The van der Waals surface area contributed by atoms with Gasteiger partial charge in [-0.25, -0.2) is 0 Å². The van der Waals surface area contributed by atoms with Crippen molar-refractivity contribution >= 4 is 23.7 Å². The maximum absolute atomic E-state index is 13.5. The van der Waals surface area contributed by atoms with Gasteiger partial charge in [0, 0.05) is 11.6 Å². The van der Waals surface area contributed by atoms with Gasteiger partial charge in [0.1, 0.15) is 18.1 Å². The van der Waals surface area contributed by atoms with Crippen LogP contribution in [0.3, 0.4) is 0 Å². The summed E-state index contributed by atoms with van der Waals surface area (Å²) in [5.74, 6) is -2.47. The molecule has 3 saturated heterocycles. The van der Waals surface area contributed by atoms with E-state index in [1.165, 1.54) is 11.0 Å². The molecule has 0 aliphatic carbocycles. The second-order valence-corrected chi connectivity index (χ2v) is 9.08. The summed E-state index contributed by atoms with van der Waals surface area (Å²) in [5.41, 5.74) is -1.19. The third-order valence-corrected chi connectivity index (χ3v) is 6.71. The maximum Gasteiger partial charge on any atom is 0.416 e. The lowest BCUT2D eigenvalue weighted by molar-refractivity contribution is -0.155. The van der Waals surface area contributed by atoms with Gasteiger partial charge in [0.25, 0.3) is 5.91 Å². The largest absolute Gasteiger partial charge is 0.434 e. The van der Waals surface area contributed by atoms with Gasteiger partial charge >= 0.3 is 12.1 Å². The van der Waals surface area contributed by atoms with Crippen molar-refractivity contribution in [1.82, 2.24) is 15.5 Å². The lowest BCUT2D eigenvalue weighted by Gasteiger charge is -2.35. The maximum atomic E-state index is 13.5.